The van der Waals surface area contributed by atoms with Gasteiger partial charge in [0.15, 0.2) is 11.5 Å². The maximum atomic E-state index is 13.1. The van der Waals surface area contributed by atoms with Gasteiger partial charge < -0.3 is 19.5 Å². The van der Waals surface area contributed by atoms with Gasteiger partial charge in [-0.1, -0.05) is 6.07 Å². The fourth-order valence-electron chi connectivity index (χ4n) is 3.39. The molecule has 10 heteroatoms. The van der Waals surface area contributed by atoms with Gasteiger partial charge in [0.1, 0.15) is 19.8 Å². The van der Waals surface area contributed by atoms with Crippen molar-refractivity contribution in [2.24, 2.45) is 0 Å². The highest BCUT2D eigenvalue weighted by Gasteiger charge is 2.34. The van der Waals surface area contributed by atoms with E-state index in [2.05, 4.69) is 0 Å². The number of sulfonamides is 1. The van der Waals surface area contributed by atoms with Crippen LogP contribution in [-0.2, 0) is 14.8 Å². The van der Waals surface area contributed by atoms with Gasteiger partial charge in [-0.15, -0.1) is 0 Å². The largest absolute Gasteiger partial charge is 0.486 e. The molecule has 2 heterocycles. The Morgan fingerprint density at radius 3 is 2.52 bits per heavy atom. The topological polar surface area (TPSA) is 113 Å². The zero-order valence-corrected chi connectivity index (χ0v) is 15.8. The van der Waals surface area contributed by atoms with Gasteiger partial charge in [-0.05, 0) is 25.0 Å². The highest BCUT2D eigenvalue weighted by Crippen LogP contribution is 2.35. The maximum Gasteiger partial charge on any atom is 0.323 e. The normalized spacial score (nSPS) is 18.1. The number of carbonyl (C=O) groups is 2. The van der Waals surface area contributed by atoms with Gasteiger partial charge in [-0.25, -0.2) is 12.7 Å². The number of amides is 1. The van der Waals surface area contributed by atoms with E-state index in [0.29, 0.717) is 37.6 Å². The molecule has 148 valence electrons. The Morgan fingerprint density at radius 1 is 1.22 bits per heavy atom. The first-order valence-corrected chi connectivity index (χ1v) is 10.5. The summed E-state index contributed by atoms with van der Waals surface area (Å²) in [6.07, 6.45) is 1.89. The van der Waals surface area contributed by atoms with Crippen LogP contribution in [0.15, 0.2) is 18.2 Å². The van der Waals surface area contributed by atoms with Crippen LogP contribution in [0.4, 0.5) is 0 Å². The first-order chi connectivity index (χ1) is 12.8. The molecule has 0 radical (unpaired) electrons. The van der Waals surface area contributed by atoms with E-state index < -0.39 is 28.4 Å². The van der Waals surface area contributed by atoms with Gasteiger partial charge in [0, 0.05) is 19.1 Å². The van der Waals surface area contributed by atoms with Crippen LogP contribution in [0, 0.1) is 0 Å². The van der Waals surface area contributed by atoms with Crippen molar-refractivity contribution in [3.8, 4) is 11.5 Å². The smallest absolute Gasteiger partial charge is 0.323 e. The zero-order valence-electron chi connectivity index (χ0n) is 15.0. The molecule has 3 rings (SSSR count). The summed E-state index contributed by atoms with van der Waals surface area (Å²) in [4.78, 5) is 25.8. The summed E-state index contributed by atoms with van der Waals surface area (Å²) in [5.74, 6) is -0.819. The van der Waals surface area contributed by atoms with Crippen molar-refractivity contribution in [1.82, 2.24) is 9.21 Å². The molecule has 0 unspecified atom stereocenters. The number of benzene rings is 1. The highest BCUT2D eigenvalue weighted by molar-refractivity contribution is 7.88. The molecule has 0 aliphatic carbocycles. The Morgan fingerprint density at radius 2 is 1.89 bits per heavy atom. The lowest BCUT2D eigenvalue weighted by molar-refractivity contribution is -0.138. The Balaban J connectivity index is 1.84. The van der Waals surface area contributed by atoms with Gasteiger partial charge in [0.05, 0.1) is 11.8 Å². The molecule has 0 atom stereocenters. The van der Waals surface area contributed by atoms with Crippen molar-refractivity contribution in [3.05, 3.63) is 23.8 Å². The second-order valence-corrected chi connectivity index (χ2v) is 8.53. The third-order valence-electron chi connectivity index (χ3n) is 4.70. The molecular formula is C17H22N2O7S. The van der Waals surface area contributed by atoms with Gasteiger partial charge >= 0.3 is 5.97 Å². The first-order valence-electron chi connectivity index (χ1n) is 8.64. The minimum absolute atomic E-state index is 0.249. The first kappa shape index (κ1) is 19.4. The van der Waals surface area contributed by atoms with E-state index in [1.54, 1.807) is 18.2 Å². The number of hydrogen-bond donors (Lipinski definition) is 1. The van der Waals surface area contributed by atoms with E-state index >= 15 is 0 Å². The third-order valence-corrected chi connectivity index (χ3v) is 6.00. The number of piperidine rings is 1. The molecule has 0 saturated carbocycles. The Kier molecular flexibility index (Phi) is 5.56. The van der Waals surface area contributed by atoms with Gasteiger partial charge in [0.2, 0.25) is 10.0 Å². The summed E-state index contributed by atoms with van der Waals surface area (Å²) < 4.78 is 35.8. The standard InChI is InChI=1S/C17H22N2O7S/c1-27(23,24)18-7-5-12(6-8-18)19(11-15(20)21)17(22)13-3-2-4-14-16(13)26-10-9-25-14/h2-4,12H,5-11H2,1H3,(H,20,21). The molecule has 0 spiro atoms. The molecule has 1 aromatic carbocycles. The van der Waals surface area contributed by atoms with E-state index in [1.165, 1.54) is 9.21 Å². The summed E-state index contributed by atoms with van der Waals surface area (Å²) in [5.41, 5.74) is 0.249. The van der Waals surface area contributed by atoms with Crippen molar-refractivity contribution in [3.63, 3.8) is 0 Å². The van der Waals surface area contributed by atoms with Gasteiger partial charge in [-0.2, -0.15) is 0 Å². The molecule has 1 aromatic rings. The average Bonchev–Trinajstić information content (AvgIpc) is 2.64. The second-order valence-electron chi connectivity index (χ2n) is 6.55. The molecule has 1 fully saturated rings. The van der Waals surface area contributed by atoms with Crippen LogP contribution in [0.25, 0.3) is 0 Å². The van der Waals surface area contributed by atoms with E-state index in [-0.39, 0.29) is 24.7 Å². The summed E-state index contributed by atoms with van der Waals surface area (Å²) in [6.45, 7) is 0.724. The van der Waals surface area contributed by atoms with Crippen LogP contribution in [-0.4, -0.2) is 79.8 Å². The molecule has 0 bridgehead atoms. The SMILES string of the molecule is CS(=O)(=O)N1CCC(N(CC(=O)O)C(=O)c2cccc3c2OCCO3)CC1. The minimum atomic E-state index is -3.31. The fourth-order valence-corrected chi connectivity index (χ4v) is 4.27. The fraction of sp³-hybridized carbons (Fsp3) is 0.529. The number of ether oxygens (including phenoxy) is 2. The summed E-state index contributed by atoms with van der Waals surface area (Å²) in [5, 5.41) is 9.27. The lowest BCUT2D eigenvalue weighted by Crippen LogP contribution is -2.50. The molecule has 2 aliphatic heterocycles. The summed E-state index contributed by atoms with van der Waals surface area (Å²) >= 11 is 0. The highest BCUT2D eigenvalue weighted by atomic mass is 32.2. The van der Waals surface area contributed by atoms with Crippen LogP contribution in [0.3, 0.4) is 0 Å². The van der Waals surface area contributed by atoms with Gasteiger partial charge in [0.25, 0.3) is 5.91 Å². The number of aliphatic carboxylic acids is 1. The Hall–Kier alpha value is -2.33. The predicted molar refractivity (Wildman–Crippen MR) is 95.5 cm³/mol. The number of carbonyl (C=O) groups excluding carboxylic acids is 1. The number of carboxylic acid groups (broad SMARTS) is 1. The third kappa shape index (κ3) is 4.33. The van der Waals surface area contributed by atoms with E-state index in [1.807, 2.05) is 0 Å². The number of nitrogens with zero attached hydrogens (tertiary/aromatic N) is 2. The summed E-state index contributed by atoms with van der Waals surface area (Å²) in [7, 11) is -3.31. The lowest BCUT2D eigenvalue weighted by atomic mass is 10.0. The number of hydrogen-bond acceptors (Lipinski definition) is 6. The van der Waals surface area contributed by atoms with E-state index in [4.69, 9.17) is 9.47 Å². The van der Waals surface area contributed by atoms with Crippen LogP contribution in [0.2, 0.25) is 0 Å². The van der Waals surface area contributed by atoms with Crippen molar-refractivity contribution in [1.29, 1.82) is 0 Å². The Labute approximate surface area is 157 Å². The second kappa shape index (κ2) is 7.73. The molecule has 9 nitrogen and oxygen atoms in total. The monoisotopic (exact) mass is 398 g/mol. The summed E-state index contributed by atoms with van der Waals surface area (Å²) in [6, 6.07) is 4.56. The van der Waals surface area contributed by atoms with Crippen molar-refractivity contribution >= 4 is 21.9 Å². The van der Waals surface area contributed by atoms with Gasteiger partial charge in [-0.3, -0.25) is 9.59 Å². The van der Waals surface area contributed by atoms with E-state index in [9.17, 15) is 23.1 Å². The van der Waals surface area contributed by atoms with E-state index in [0.717, 1.165) is 6.26 Å². The van der Waals surface area contributed by atoms with Crippen molar-refractivity contribution in [2.75, 3.05) is 39.1 Å². The number of fused-ring (bicyclic) bond motifs is 1. The van der Waals surface area contributed by atoms with Crippen LogP contribution in [0.1, 0.15) is 23.2 Å². The average molecular weight is 398 g/mol. The minimum Gasteiger partial charge on any atom is -0.486 e. The predicted octanol–water partition coefficient (Wildman–Crippen LogP) is 0.409. The Bertz CT molecular complexity index is 832. The molecule has 27 heavy (non-hydrogen) atoms. The lowest BCUT2D eigenvalue weighted by Gasteiger charge is -2.37. The van der Waals surface area contributed by atoms with Crippen LogP contribution < -0.4 is 9.47 Å². The van der Waals surface area contributed by atoms with Crippen molar-refractivity contribution in [2.45, 2.75) is 18.9 Å². The molecule has 1 saturated heterocycles. The van der Waals surface area contributed by atoms with Crippen LogP contribution >= 0.6 is 0 Å². The molecule has 0 aromatic heterocycles. The van der Waals surface area contributed by atoms with Crippen molar-refractivity contribution < 1.29 is 32.6 Å². The molecular weight excluding hydrogens is 376 g/mol. The van der Waals surface area contributed by atoms with Crippen LogP contribution in [0.5, 0.6) is 11.5 Å². The zero-order chi connectivity index (χ0) is 19.6. The number of rotatable bonds is 5. The number of para-hydroxylation sites is 1. The maximum absolute atomic E-state index is 13.1. The molecule has 1 amide bonds. The molecule has 1 N–H and O–H groups in total. The number of carboxylic acids is 1. The quantitative estimate of drug-likeness (QED) is 0.764. The molecule has 2 aliphatic rings.